The van der Waals surface area contributed by atoms with E-state index in [4.69, 9.17) is 10.5 Å². The fourth-order valence-corrected chi connectivity index (χ4v) is 1.68. The molecule has 4 nitrogen and oxygen atoms in total. The molecule has 0 aliphatic heterocycles. The van der Waals surface area contributed by atoms with E-state index < -0.39 is 41.6 Å². The molecule has 0 radical (unpaired) electrons. The smallest absolute Gasteiger partial charge is 0.416 e. The molecule has 23 heavy (non-hydrogen) atoms. The molecule has 9 heteroatoms. The zero-order valence-electron chi connectivity index (χ0n) is 12.7. The first kappa shape index (κ1) is 19.1. The maximum atomic E-state index is 12.7. The first-order valence-corrected chi connectivity index (χ1v) is 6.56. The van der Waals surface area contributed by atoms with E-state index in [-0.39, 0.29) is 5.56 Å². The summed E-state index contributed by atoms with van der Waals surface area (Å²) >= 11 is 0. The summed E-state index contributed by atoms with van der Waals surface area (Å²) in [6.07, 6.45) is -8.77. The largest absolute Gasteiger partial charge is 0.444 e. The van der Waals surface area contributed by atoms with E-state index in [9.17, 15) is 26.7 Å². The van der Waals surface area contributed by atoms with Crippen LogP contribution in [0.3, 0.4) is 0 Å². The molecule has 130 valence electrons. The number of amides is 1. The SMILES string of the molecule is CC(C)(C)OC(=O)Nc1cc(C(F)(F)F)ccc1C(N)C(F)F. The van der Waals surface area contributed by atoms with Gasteiger partial charge in [0.15, 0.2) is 0 Å². The van der Waals surface area contributed by atoms with Gasteiger partial charge in [0.25, 0.3) is 6.43 Å². The van der Waals surface area contributed by atoms with Gasteiger partial charge in [-0.1, -0.05) is 6.07 Å². The Morgan fingerprint density at radius 3 is 2.22 bits per heavy atom. The molecule has 3 N–H and O–H groups in total. The van der Waals surface area contributed by atoms with Crippen molar-refractivity contribution in [3.8, 4) is 0 Å². The molecule has 0 spiro atoms. The van der Waals surface area contributed by atoms with Crippen LogP contribution in [0.4, 0.5) is 32.4 Å². The van der Waals surface area contributed by atoms with Gasteiger partial charge < -0.3 is 10.5 Å². The number of benzene rings is 1. The third-order valence-electron chi connectivity index (χ3n) is 2.65. The molecule has 1 unspecified atom stereocenters. The predicted molar refractivity (Wildman–Crippen MR) is 74.2 cm³/mol. The van der Waals surface area contributed by atoms with Gasteiger partial charge in [0.1, 0.15) is 5.60 Å². The van der Waals surface area contributed by atoms with Crippen molar-refractivity contribution in [1.82, 2.24) is 0 Å². The lowest BCUT2D eigenvalue weighted by molar-refractivity contribution is -0.137. The fraction of sp³-hybridized carbons (Fsp3) is 0.500. The minimum atomic E-state index is -4.70. The zero-order chi connectivity index (χ0) is 18.0. The number of ether oxygens (including phenoxy) is 1. The van der Waals surface area contributed by atoms with Crippen molar-refractivity contribution in [3.63, 3.8) is 0 Å². The van der Waals surface area contributed by atoms with Gasteiger partial charge in [-0.3, -0.25) is 5.32 Å². The molecular formula is C14H17F5N2O2. The maximum absolute atomic E-state index is 12.7. The van der Waals surface area contributed by atoms with Crippen LogP contribution in [-0.2, 0) is 10.9 Å². The van der Waals surface area contributed by atoms with Crippen molar-refractivity contribution in [2.75, 3.05) is 5.32 Å². The Hall–Kier alpha value is -1.90. The van der Waals surface area contributed by atoms with Crippen molar-refractivity contribution in [3.05, 3.63) is 29.3 Å². The van der Waals surface area contributed by atoms with Crippen LogP contribution in [0.1, 0.15) is 37.9 Å². The van der Waals surface area contributed by atoms with Crippen molar-refractivity contribution in [2.24, 2.45) is 5.73 Å². The number of carbonyl (C=O) groups excluding carboxylic acids is 1. The van der Waals surface area contributed by atoms with E-state index >= 15 is 0 Å². The van der Waals surface area contributed by atoms with Gasteiger partial charge in [0.05, 0.1) is 11.6 Å². The monoisotopic (exact) mass is 340 g/mol. The van der Waals surface area contributed by atoms with Gasteiger partial charge in [-0.15, -0.1) is 0 Å². The van der Waals surface area contributed by atoms with Crippen LogP contribution in [-0.4, -0.2) is 18.1 Å². The Bertz CT molecular complexity index is 567. The third-order valence-corrected chi connectivity index (χ3v) is 2.65. The average molecular weight is 340 g/mol. The topological polar surface area (TPSA) is 64.3 Å². The number of alkyl halides is 5. The minimum absolute atomic E-state index is 0.321. The Balaban J connectivity index is 3.20. The number of halogens is 5. The fourth-order valence-electron chi connectivity index (χ4n) is 1.68. The van der Waals surface area contributed by atoms with E-state index in [0.29, 0.717) is 12.1 Å². The van der Waals surface area contributed by atoms with Gasteiger partial charge in [-0.2, -0.15) is 13.2 Å². The maximum Gasteiger partial charge on any atom is 0.416 e. The highest BCUT2D eigenvalue weighted by Crippen LogP contribution is 2.35. The summed E-state index contributed by atoms with van der Waals surface area (Å²) in [7, 11) is 0. The van der Waals surface area contributed by atoms with Crippen LogP contribution in [0, 0.1) is 0 Å². The molecule has 0 saturated carbocycles. The molecule has 0 saturated heterocycles. The Labute approximate surface area is 129 Å². The second-order valence-electron chi connectivity index (χ2n) is 5.79. The summed E-state index contributed by atoms with van der Waals surface area (Å²) in [5.41, 5.74) is 2.48. The second-order valence-corrected chi connectivity index (χ2v) is 5.79. The summed E-state index contributed by atoms with van der Waals surface area (Å²) in [5, 5.41) is 2.04. The normalized spacial score (nSPS) is 13.8. The summed E-state index contributed by atoms with van der Waals surface area (Å²) in [5.74, 6) is 0. The lowest BCUT2D eigenvalue weighted by atomic mass is 10.0. The van der Waals surface area contributed by atoms with Crippen LogP contribution in [0.15, 0.2) is 18.2 Å². The van der Waals surface area contributed by atoms with Gasteiger partial charge in [-0.25, -0.2) is 13.6 Å². The van der Waals surface area contributed by atoms with Crippen molar-refractivity contribution >= 4 is 11.8 Å². The highest BCUT2D eigenvalue weighted by atomic mass is 19.4. The predicted octanol–water partition coefficient (Wildman–Crippen LogP) is 4.32. The first-order chi connectivity index (χ1) is 10.3. The van der Waals surface area contributed by atoms with Crippen LogP contribution in [0.25, 0.3) is 0 Å². The third kappa shape index (κ3) is 5.66. The number of hydrogen-bond donors (Lipinski definition) is 2. The second kappa shape index (κ2) is 6.69. The molecular weight excluding hydrogens is 323 g/mol. The number of hydrogen-bond acceptors (Lipinski definition) is 3. The van der Waals surface area contributed by atoms with Crippen LogP contribution in [0.5, 0.6) is 0 Å². The number of anilines is 1. The molecule has 1 aromatic carbocycles. The van der Waals surface area contributed by atoms with Gasteiger partial charge in [-0.05, 0) is 38.5 Å². The lowest BCUT2D eigenvalue weighted by Gasteiger charge is -2.22. The molecule has 1 atom stereocenters. The summed E-state index contributed by atoms with van der Waals surface area (Å²) in [6.45, 7) is 4.64. The molecule has 0 aliphatic carbocycles. The van der Waals surface area contributed by atoms with E-state index in [2.05, 4.69) is 0 Å². The molecule has 1 aromatic rings. The van der Waals surface area contributed by atoms with Crippen LogP contribution in [0.2, 0.25) is 0 Å². The number of nitrogens with one attached hydrogen (secondary N) is 1. The van der Waals surface area contributed by atoms with Gasteiger partial charge in [0.2, 0.25) is 0 Å². The molecule has 1 rings (SSSR count). The first-order valence-electron chi connectivity index (χ1n) is 6.56. The molecule has 1 amide bonds. The van der Waals surface area contributed by atoms with E-state index in [1.165, 1.54) is 0 Å². The van der Waals surface area contributed by atoms with Crippen molar-refractivity contribution in [2.45, 2.75) is 45.0 Å². The summed E-state index contributed by atoms with van der Waals surface area (Å²) in [6, 6.07) is 0.133. The van der Waals surface area contributed by atoms with E-state index in [1.54, 1.807) is 20.8 Å². The highest BCUT2D eigenvalue weighted by Gasteiger charge is 2.32. The van der Waals surface area contributed by atoms with Crippen LogP contribution >= 0.6 is 0 Å². The van der Waals surface area contributed by atoms with Gasteiger partial charge in [0, 0.05) is 5.69 Å². The zero-order valence-corrected chi connectivity index (χ0v) is 12.7. The highest BCUT2D eigenvalue weighted by molar-refractivity contribution is 5.86. The average Bonchev–Trinajstić information content (AvgIpc) is 2.34. The van der Waals surface area contributed by atoms with Gasteiger partial charge >= 0.3 is 12.3 Å². The summed E-state index contributed by atoms with van der Waals surface area (Å²) in [4.78, 5) is 11.7. The molecule has 0 aliphatic rings. The number of rotatable bonds is 3. The molecule has 0 heterocycles. The Morgan fingerprint density at radius 1 is 1.22 bits per heavy atom. The molecule has 0 aromatic heterocycles. The molecule has 0 bridgehead atoms. The quantitative estimate of drug-likeness (QED) is 0.806. The van der Waals surface area contributed by atoms with Crippen molar-refractivity contribution in [1.29, 1.82) is 0 Å². The number of carbonyl (C=O) groups is 1. The summed E-state index contributed by atoms with van der Waals surface area (Å²) < 4.78 is 68.6. The Morgan fingerprint density at radius 2 is 1.78 bits per heavy atom. The lowest BCUT2D eigenvalue weighted by Crippen LogP contribution is -2.28. The van der Waals surface area contributed by atoms with Crippen LogP contribution < -0.4 is 11.1 Å². The van der Waals surface area contributed by atoms with E-state index in [0.717, 1.165) is 6.07 Å². The van der Waals surface area contributed by atoms with Crippen molar-refractivity contribution < 1.29 is 31.5 Å². The van der Waals surface area contributed by atoms with E-state index in [1.807, 2.05) is 5.32 Å². The molecule has 0 fully saturated rings. The number of nitrogens with two attached hydrogens (primary N) is 1. The minimum Gasteiger partial charge on any atom is -0.444 e. The Kier molecular flexibility index (Phi) is 5.57. The standard InChI is InChI=1S/C14H17F5N2O2/c1-13(2,3)23-12(22)21-9-6-7(14(17,18)19)4-5-8(9)10(20)11(15)16/h4-6,10-11H,20H2,1-3H3,(H,21,22).